The predicted molar refractivity (Wildman–Crippen MR) is 78.8 cm³/mol. The zero-order valence-electron chi connectivity index (χ0n) is 11.3. The maximum atomic E-state index is 12.3. The van der Waals surface area contributed by atoms with E-state index < -0.39 is 0 Å². The first-order valence-electron chi connectivity index (χ1n) is 6.89. The summed E-state index contributed by atoms with van der Waals surface area (Å²) in [6.07, 6.45) is 1.82. The molecule has 0 unspecified atom stereocenters. The van der Waals surface area contributed by atoms with Gasteiger partial charge in [0.2, 0.25) is 5.91 Å². The Kier molecular flexibility index (Phi) is 5.15. The van der Waals surface area contributed by atoms with E-state index in [4.69, 9.17) is 17.3 Å². The number of Topliss-reactive ketones (excluding diaryl/α,β-unsaturated/α-hetero) is 1. The molecule has 2 rings (SSSR count). The van der Waals surface area contributed by atoms with E-state index >= 15 is 0 Å². The van der Waals surface area contributed by atoms with E-state index in [1.165, 1.54) is 0 Å². The van der Waals surface area contributed by atoms with Crippen LogP contribution in [0.25, 0.3) is 0 Å². The Bertz CT molecular complexity index is 479. The summed E-state index contributed by atoms with van der Waals surface area (Å²) in [5.41, 5.74) is 6.08. The molecule has 20 heavy (non-hydrogen) atoms. The van der Waals surface area contributed by atoms with Crippen LogP contribution in [0.5, 0.6) is 0 Å². The highest BCUT2D eigenvalue weighted by molar-refractivity contribution is 6.30. The summed E-state index contributed by atoms with van der Waals surface area (Å²) in [6.45, 7) is 1.66. The summed E-state index contributed by atoms with van der Waals surface area (Å²) in [5, 5.41) is 0.628. The second-order valence-corrected chi connectivity index (χ2v) is 5.50. The van der Waals surface area contributed by atoms with Crippen molar-refractivity contribution in [2.75, 3.05) is 19.6 Å². The van der Waals surface area contributed by atoms with Crippen LogP contribution >= 0.6 is 11.6 Å². The summed E-state index contributed by atoms with van der Waals surface area (Å²) in [7, 11) is 0. The summed E-state index contributed by atoms with van der Waals surface area (Å²) in [6, 6.07) is 6.98. The molecule has 0 bridgehead atoms. The minimum absolute atomic E-state index is 0.00176. The van der Waals surface area contributed by atoms with Crippen LogP contribution in [0, 0.1) is 5.92 Å². The highest BCUT2D eigenvalue weighted by Crippen LogP contribution is 2.23. The predicted octanol–water partition coefficient (Wildman–Crippen LogP) is 2.11. The summed E-state index contributed by atoms with van der Waals surface area (Å²) >= 11 is 5.82. The lowest BCUT2D eigenvalue weighted by atomic mass is 9.89. The monoisotopic (exact) mass is 294 g/mol. The molecule has 0 radical (unpaired) electrons. The van der Waals surface area contributed by atoms with Crippen molar-refractivity contribution in [2.45, 2.75) is 19.3 Å². The van der Waals surface area contributed by atoms with Gasteiger partial charge in [0.05, 0.1) is 0 Å². The van der Waals surface area contributed by atoms with E-state index in [1.807, 2.05) is 0 Å². The average molecular weight is 295 g/mol. The third-order valence-electron chi connectivity index (χ3n) is 3.71. The van der Waals surface area contributed by atoms with Gasteiger partial charge >= 0.3 is 0 Å². The number of hydrogen-bond acceptors (Lipinski definition) is 3. The van der Waals surface area contributed by atoms with Gasteiger partial charge in [-0.2, -0.15) is 0 Å². The first-order chi connectivity index (χ1) is 9.61. The van der Waals surface area contributed by atoms with Crippen LogP contribution in [-0.4, -0.2) is 36.2 Å². The zero-order valence-corrected chi connectivity index (χ0v) is 12.1. The Labute approximate surface area is 123 Å². The number of benzene rings is 1. The fraction of sp³-hybridized carbons (Fsp3) is 0.467. The Morgan fingerprint density at radius 1 is 1.20 bits per heavy atom. The van der Waals surface area contributed by atoms with Crippen LogP contribution in [0.2, 0.25) is 5.02 Å². The molecule has 1 saturated heterocycles. The molecule has 2 N–H and O–H groups in total. The minimum Gasteiger partial charge on any atom is -0.343 e. The lowest BCUT2D eigenvalue weighted by molar-refractivity contribution is -0.132. The lowest BCUT2D eigenvalue weighted by Crippen LogP contribution is -2.40. The van der Waals surface area contributed by atoms with Gasteiger partial charge in [-0.15, -0.1) is 0 Å². The van der Waals surface area contributed by atoms with Gasteiger partial charge in [-0.3, -0.25) is 9.59 Å². The molecule has 0 spiro atoms. The van der Waals surface area contributed by atoms with Crippen LogP contribution in [0.3, 0.4) is 0 Å². The van der Waals surface area contributed by atoms with E-state index in [-0.39, 0.29) is 17.6 Å². The molecule has 1 aromatic carbocycles. The van der Waals surface area contributed by atoms with Crippen LogP contribution in [0.15, 0.2) is 24.3 Å². The normalized spacial score (nSPS) is 16.2. The molecular formula is C15H19ClN2O2. The number of piperidine rings is 1. The molecule has 5 heteroatoms. The number of hydrogen-bond donors (Lipinski definition) is 1. The van der Waals surface area contributed by atoms with E-state index in [2.05, 4.69) is 0 Å². The maximum Gasteiger partial charge on any atom is 0.223 e. The molecule has 1 amide bonds. The number of rotatable bonds is 4. The van der Waals surface area contributed by atoms with Crippen molar-refractivity contribution in [2.24, 2.45) is 11.7 Å². The SMILES string of the molecule is NCCC(=O)N1CCC(C(=O)c2ccc(Cl)cc2)CC1. The number of amides is 1. The number of halogens is 1. The third kappa shape index (κ3) is 3.58. The van der Waals surface area contributed by atoms with E-state index in [0.717, 1.165) is 12.8 Å². The molecule has 108 valence electrons. The molecular weight excluding hydrogens is 276 g/mol. The van der Waals surface area contributed by atoms with Gasteiger partial charge in [-0.05, 0) is 37.1 Å². The van der Waals surface area contributed by atoms with Crippen molar-refractivity contribution >= 4 is 23.3 Å². The Morgan fingerprint density at radius 3 is 2.35 bits per heavy atom. The first kappa shape index (κ1) is 15.0. The number of ketones is 1. The average Bonchev–Trinajstić information content (AvgIpc) is 2.48. The highest BCUT2D eigenvalue weighted by atomic mass is 35.5. The third-order valence-corrected chi connectivity index (χ3v) is 3.96. The molecule has 1 aliphatic rings. The van der Waals surface area contributed by atoms with Crippen molar-refractivity contribution in [1.29, 1.82) is 0 Å². The molecule has 4 nitrogen and oxygen atoms in total. The van der Waals surface area contributed by atoms with Gasteiger partial charge < -0.3 is 10.6 Å². The minimum atomic E-state index is -0.00176. The quantitative estimate of drug-likeness (QED) is 0.865. The van der Waals surface area contributed by atoms with E-state index in [0.29, 0.717) is 36.6 Å². The second kappa shape index (κ2) is 6.86. The molecule has 1 heterocycles. The number of likely N-dealkylation sites (tertiary alicyclic amines) is 1. The summed E-state index contributed by atoms with van der Waals surface area (Å²) in [5.74, 6) is 0.232. The van der Waals surface area contributed by atoms with Crippen molar-refractivity contribution in [3.05, 3.63) is 34.9 Å². The van der Waals surface area contributed by atoms with Crippen molar-refractivity contribution < 1.29 is 9.59 Å². The molecule has 0 atom stereocenters. The Hall–Kier alpha value is -1.39. The number of nitrogens with two attached hydrogens (primary N) is 1. The van der Waals surface area contributed by atoms with Crippen LogP contribution in [-0.2, 0) is 4.79 Å². The van der Waals surface area contributed by atoms with Gasteiger partial charge in [0.15, 0.2) is 5.78 Å². The number of carbonyl (C=O) groups excluding carboxylic acids is 2. The highest BCUT2D eigenvalue weighted by Gasteiger charge is 2.27. The number of nitrogens with zero attached hydrogens (tertiary/aromatic N) is 1. The Balaban J connectivity index is 1.92. The van der Waals surface area contributed by atoms with Crippen molar-refractivity contribution in [1.82, 2.24) is 4.90 Å². The van der Waals surface area contributed by atoms with Gasteiger partial charge in [0.1, 0.15) is 0 Å². The largest absolute Gasteiger partial charge is 0.343 e. The molecule has 0 saturated carbocycles. The fourth-order valence-electron chi connectivity index (χ4n) is 2.52. The van der Waals surface area contributed by atoms with E-state index in [9.17, 15) is 9.59 Å². The second-order valence-electron chi connectivity index (χ2n) is 5.06. The lowest BCUT2D eigenvalue weighted by Gasteiger charge is -2.31. The molecule has 1 fully saturated rings. The Morgan fingerprint density at radius 2 is 1.80 bits per heavy atom. The topological polar surface area (TPSA) is 63.4 Å². The summed E-state index contributed by atoms with van der Waals surface area (Å²) < 4.78 is 0. The molecule has 0 aromatic heterocycles. The molecule has 0 aliphatic carbocycles. The maximum absolute atomic E-state index is 12.3. The van der Waals surface area contributed by atoms with Crippen LogP contribution in [0.4, 0.5) is 0 Å². The standard InChI is InChI=1S/C15H19ClN2O2/c16-13-3-1-11(2-4-13)15(20)12-6-9-18(10-7-12)14(19)5-8-17/h1-4,12H,5-10,17H2. The van der Waals surface area contributed by atoms with Crippen molar-refractivity contribution in [3.63, 3.8) is 0 Å². The fourth-order valence-corrected chi connectivity index (χ4v) is 2.65. The van der Waals surface area contributed by atoms with Gasteiger partial charge in [-0.25, -0.2) is 0 Å². The van der Waals surface area contributed by atoms with Gasteiger partial charge in [0, 0.05) is 42.6 Å². The van der Waals surface area contributed by atoms with Crippen molar-refractivity contribution in [3.8, 4) is 0 Å². The zero-order chi connectivity index (χ0) is 14.5. The first-order valence-corrected chi connectivity index (χ1v) is 7.27. The van der Waals surface area contributed by atoms with Crippen LogP contribution < -0.4 is 5.73 Å². The molecule has 1 aliphatic heterocycles. The smallest absolute Gasteiger partial charge is 0.223 e. The number of carbonyl (C=O) groups is 2. The van der Waals surface area contributed by atoms with Crippen LogP contribution in [0.1, 0.15) is 29.6 Å². The molecule has 1 aromatic rings. The van der Waals surface area contributed by atoms with Gasteiger partial charge in [0.25, 0.3) is 0 Å². The van der Waals surface area contributed by atoms with E-state index in [1.54, 1.807) is 29.2 Å². The summed E-state index contributed by atoms with van der Waals surface area (Å²) in [4.78, 5) is 25.9. The van der Waals surface area contributed by atoms with Gasteiger partial charge in [-0.1, -0.05) is 11.6 Å².